The van der Waals surface area contributed by atoms with Gasteiger partial charge in [0.05, 0.1) is 6.20 Å². The Morgan fingerprint density at radius 1 is 1.31 bits per heavy atom. The second kappa shape index (κ2) is 4.35. The molecule has 2 rings (SSSR count). The molecule has 0 fully saturated rings. The molecule has 0 amide bonds. The van der Waals surface area contributed by atoms with Gasteiger partial charge < -0.3 is 5.32 Å². The molecule has 2 aromatic heterocycles. The number of hydrogen-bond donors (Lipinski definition) is 1. The van der Waals surface area contributed by atoms with Crippen molar-refractivity contribution >= 4 is 5.69 Å². The molecule has 0 saturated heterocycles. The zero-order valence-corrected chi connectivity index (χ0v) is 9.86. The van der Waals surface area contributed by atoms with Crippen LogP contribution in [0.1, 0.15) is 16.8 Å². The Morgan fingerprint density at radius 2 is 2.12 bits per heavy atom. The van der Waals surface area contributed by atoms with Crippen molar-refractivity contribution in [1.82, 2.24) is 14.8 Å². The smallest absolute Gasteiger partial charge is 0.0542 e. The summed E-state index contributed by atoms with van der Waals surface area (Å²) in [6, 6.07) is 1.99. The number of hydrogen-bond acceptors (Lipinski definition) is 3. The van der Waals surface area contributed by atoms with Gasteiger partial charge in [0.1, 0.15) is 0 Å². The molecule has 4 heteroatoms. The van der Waals surface area contributed by atoms with Gasteiger partial charge in [-0.25, -0.2) is 0 Å². The number of nitrogens with one attached hydrogen (secondary N) is 1. The third-order valence-electron chi connectivity index (χ3n) is 2.83. The number of nitrogens with zero attached hydrogens (tertiary/aromatic N) is 3. The molecule has 0 aliphatic heterocycles. The maximum absolute atomic E-state index is 4.22. The lowest BCUT2D eigenvalue weighted by Crippen LogP contribution is -2.02. The fraction of sp³-hybridized carbons (Fsp3) is 0.333. The summed E-state index contributed by atoms with van der Waals surface area (Å²) in [6.45, 7) is 4.92. The van der Waals surface area contributed by atoms with E-state index in [9.17, 15) is 0 Å². The lowest BCUT2D eigenvalue weighted by Gasteiger charge is -2.08. The Bertz CT molecular complexity index is 488. The Balaban J connectivity index is 2.08. The summed E-state index contributed by atoms with van der Waals surface area (Å²) < 4.78 is 1.89. The first-order valence-electron chi connectivity index (χ1n) is 5.30. The number of anilines is 1. The molecule has 0 unspecified atom stereocenters. The predicted octanol–water partition coefficient (Wildman–Crippen LogP) is 2.04. The summed E-state index contributed by atoms with van der Waals surface area (Å²) in [6.07, 6.45) is 5.56. The summed E-state index contributed by atoms with van der Waals surface area (Å²) >= 11 is 0. The minimum atomic E-state index is 0.796. The Kier molecular flexibility index (Phi) is 2.90. The van der Waals surface area contributed by atoms with E-state index >= 15 is 0 Å². The normalized spacial score (nSPS) is 10.4. The van der Waals surface area contributed by atoms with E-state index in [1.54, 1.807) is 6.20 Å². The van der Waals surface area contributed by atoms with Crippen molar-refractivity contribution in [3.63, 3.8) is 0 Å². The standard InChI is InChI=1S/C12H16N4/c1-9-6-13-5-4-12(9)14-7-11-8-15-16(3)10(11)2/h4-6,8H,7H2,1-3H3,(H,13,14). The Labute approximate surface area is 95.3 Å². The number of pyridine rings is 1. The highest BCUT2D eigenvalue weighted by molar-refractivity contribution is 5.49. The number of aryl methyl sites for hydroxylation is 2. The van der Waals surface area contributed by atoms with Crippen LogP contribution >= 0.6 is 0 Å². The van der Waals surface area contributed by atoms with Crippen molar-refractivity contribution in [2.45, 2.75) is 20.4 Å². The van der Waals surface area contributed by atoms with Gasteiger partial charge in [-0.1, -0.05) is 0 Å². The Hall–Kier alpha value is -1.84. The monoisotopic (exact) mass is 216 g/mol. The third-order valence-corrected chi connectivity index (χ3v) is 2.83. The van der Waals surface area contributed by atoms with Crippen LogP contribution in [-0.4, -0.2) is 14.8 Å². The quantitative estimate of drug-likeness (QED) is 0.853. The number of aromatic nitrogens is 3. The SMILES string of the molecule is Cc1cnccc1NCc1cnn(C)c1C. The van der Waals surface area contributed by atoms with Crippen molar-refractivity contribution in [1.29, 1.82) is 0 Å². The molecule has 16 heavy (non-hydrogen) atoms. The highest BCUT2D eigenvalue weighted by Gasteiger charge is 2.03. The molecule has 84 valence electrons. The minimum absolute atomic E-state index is 0.796. The van der Waals surface area contributed by atoms with Crippen molar-refractivity contribution in [2.75, 3.05) is 5.32 Å². The molecule has 0 radical (unpaired) electrons. The maximum Gasteiger partial charge on any atom is 0.0542 e. The molecule has 0 saturated carbocycles. The molecule has 0 aromatic carbocycles. The summed E-state index contributed by atoms with van der Waals surface area (Å²) in [5.41, 5.74) is 4.69. The molecule has 0 spiro atoms. The van der Waals surface area contributed by atoms with E-state index in [1.807, 2.05) is 37.1 Å². The number of rotatable bonds is 3. The van der Waals surface area contributed by atoms with Gasteiger partial charge >= 0.3 is 0 Å². The molecule has 2 heterocycles. The molecular weight excluding hydrogens is 200 g/mol. The molecule has 0 aliphatic carbocycles. The van der Waals surface area contributed by atoms with E-state index in [0.29, 0.717) is 0 Å². The van der Waals surface area contributed by atoms with Crippen LogP contribution in [0, 0.1) is 13.8 Å². The van der Waals surface area contributed by atoms with Crippen LogP contribution in [0.25, 0.3) is 0 Å². The van der Waals surface area contributed by atoms with Crippen molar-refractivity contribution in [3.05, 3.63) is 41.5 Å². The summed E-state index contributed by atoms with van der Waals surface area (Å²) in [5, 5.41) is 7.61. The second-order valence-electron chi connectivity index (χ2n) is 3.92. The Morgan fingerprint density at radius 3 is 2.75 bits per heavy atom. The van der Waals surface area contributed by atoms with Gasteiger partial charge in [0.25, 0.3) is 0 Å². The van der Waals surface area contributed by atoms with E-state index in [0.717, 1.165) is 17.8 Å². The van der Waals surface area contributed by atoms with Crippen LogP contribution in [0.3, 0.4) is 0 Å². The van der Waals surface area contributed by atoms with Crippen LogP contribution in [0.4, 0.5) is 5.69 Å². The minimum Gasteiger partial charge on any atom is -0.381 e. The van der Waals surface area contributed by atoms with Gasteiger partial charge in [-0.3, -0.25) is 9.67 Å². The molecular formula is C12H16N4. The maximum atomic E-state index is 4.22. The molecule has 0 bridgehead atoms. The van der Waals surface area contributed by atoms with Gasteiger partial charge in [-0.2, -0.15) is 5.10 Å². The van der Waals surface area contributed by atoms with Gasteiger partial charge in [-0.15, -0.1) is 0 Å². The van der Waals surface area contributed by atoms with Crippen LogP contribution < -0.4 is 5.32 Å². The first-order chi connectivity index (χ1) is 7.68. The van der Waals surface area contributed by atoms with E-state index in [4.69, 9.17) is 0 Å². The van der Waals surface area contributed by atoms with Crippen molar-refractivity contribution < 1.29 is 0 Å². The molecule has 4 nitrogen and oxygen atoms in total. The zero-order chi connectivity index (χ0) is 11.5. The van der Waals surface area contributed by atoms with Gasteiger partial charge in [-0.05, 0) is 25.5 Å². The van der Waals surface area contributed by atoms with E-state index in [-0.39, 0.29) is 0 Å². The average Bonchev–Trinajstić information content (AvgIpc) is 2.59. The van der Waals surface area contributed by atoms with E-state index in [2.05, 4.69) is 22.3 Å². The van der Waals surface area contributed by atoms with Crippen LogP contribution in [0.5, 0.6) is 0 Å². The van der Waals surface area contributed by atoms with Crippen molar-refractivity contribution in [3.8, 4) is 0 Å². The summed E-state index contributed by atoms with van der Waals surface area (Å²) in [5.74, 6) is 0. The third kappa shape index (κ3) is 2.05. The van der Waals surface area contributed by atoms with Crippen LogP contribution in [-0.2, 0) is 13.6 Å². The van der Waals surface area contributed by atoms with E-state index < -0.39 is 0 Å². The topological polar surface area (TPSA) is 42.7 Å². The highest BCUT2D eigenvalue weighted by Crippen LogP contribution is 2.14. The first-order valence-corrected chi connectivity index (χ1v) is 5.30. The van der Waals surface area contributed by atoms with Gasteiger partial charge in [0.2, 0.25) is 0 Å². The average molecular weight is 216 g/mol. The van der Waals surface area contributed by atoms with Crippen LogP contribution in [0.2, 0.25) is 0 Å². The molecule has 2 aromatic rings. The van der Waals surface area contributed by atoms with Crippen molar-refractivity contribution in [2.24, 2.45) is 7.05 Å². The molecule has 0 aliphatic rings. The summed E-state index contributed by atoms with van der Waals surface area (Å²) in [7, 11) is 1.95. The van der Waals surface area contributed by atoms with E-state index in [1.165, 1.54) is 11.3 Å². The largest absolute Gasteiger partial charge is 0.381 e. The van der Waals surface area contributed by atoms with Crippen LogP contribution in [0.15, 0.2) is 24.7 Å². The van der Waals surface area contributed by atoms with Gasteiger partial charge in [0, 0.05) is 42.9 Å². The zero-order valence-electron chi connectivity index (χ0n) is 9.86. The fourth-order valence-corrected chi connectivity index (χ4v) is 1.58. The lowest BCUT2D eigenvalue weighted by atomic mass is 10.2. The highest BCUT2D eigenvalue weighted by atomic mass is 15.3. The lowest BCUT2D eigenvalue weighted by molar-refractivity contribution is 0.738. The molecule has 0 atom stereocenters. The van der Waals surface area contributed by atoms with Gasteiger partial charge in [0.15, 0.2) is 0 Å². The second-order valence-corrected chi connectivity index (χ2v) is 3.92. The first kappa shape index (κ1) is 10.7. The fourth-order valence-electron chi connectivity index (χ4n) is 1.58. The summed E-state index contributed by atoms with van der Waals surface area (Å²) in [4.78, 5) is 4.07. The predicted molar refractivity (Wildman–Crippen MR) is 64.2 cm³/mol. The molecule has 1 N–H and O–H groups in total.